The van der Waals surface area contributed by atoms with E-state index < -0.39 is 0 Å². The maximum absolute atomic E-state index is 12.7. The van der Waals surface area contributed by atoms with Gasteiger partial charge in [0.25, 0.3) is 0 Å². The fraction of sp³-hybridized carbons (Fsp3) is 0.222. The summed E-state index contributed by atoms with van der Waals surface area (Å²) in [6, 6.07) is 12.9. The average molecular weight is 345 g/mol. The van der Waals surface area contributed by atoms with Crippen LogP contribution in [-0.2, 0) is 17.8 Å². The number of nitriles is 1. The molecule has 0 bridgehead atoms. The number of carbonyl (C=O) groups is 1. The fourth-order valence-electron chi connectivity index (χ4n) is 2.97. The van der Waals surface area contributed by atoms with E-state index in [4.69, 9.17) is 28.5 Å². The predicted molar refractivity (Wildman–Crippen MR) is 90.3 cm³/mol. The van der Waals surface area contributed by atoms with Crippen molar-refractivity contribution in [2.45, 2.75) is 25.9 Å². The van der Waals surface area contributed by atoms with Gasteiger partial charge < -0.3 is 4.90 Å². The number of rotatable bonds is 2. The van der Waals surface area contributed by atoms with E-state index in [9.17, 15) is 4.79 Å². The lowest BCUT2D eigenvalue weighted by molar-refractivity contribution is -0.132. The molecule has 1 aliphatic heterocycles. The third-order valence-corrected chi connectivity index (χ3v) is 4.95. The lowest BCUT2D eigenvalue weighted by Gasteiger charge is -2.22. The second-order valence-electron chi connectivity index (χ2n) is 5.60. The van der Waals surface area contributed by atoms with Crippen LogP contribution >= 0.6 is 23.2 Å². The van der Waals surface area contributed by atoms with E-state index >= 15 is 0 Å². The molecule has 1 amide bonds. The van der Waals surface area contributed by atoms with Crippen LogP contribution in [0, 0.1) is 11.3 Å². The highest BCUT2D eigenvalue weighted by molar-refractivity contribution is 6.36. The standard InChI is InChI=1S/C18H14Cl2N2O/c1-11-14-6-5-12(9-21)7-13(14)10-22(11)18(23)8-15-16(19)3-2-4-17(15)20/h2-7,11H,8,10H2,1H3. The molecular formula is C18H14Cl2N2O. The number of hydrogen-bond acceptors (Lipinski definition) is 2. The van der Waals surface area contributed by atoms with Crippen molar-refractivity contribution in [3.63, 3.8) is 0 Å². The van der Waals surface area contributed by atoms with E-state index in [1.165, 1.54) is 0 Å². The first-order chi connectivity index (χ1) is 11.0. The Balaban J connectivity index is 1.84. The Kier molecular flexibility index (Phi) is 4.30. The van der Waals surface area contributed by atoms with Crippen LogP contribution in [0.1, 0.15) is 35.2 Å². The van der Waals surface area contributed by atoms with Crippen molar-refractivity contribution in [3.05, 3.63) is 68.7 Å². The van der Waals surface area contributed by atoms with E-state index in [1.807, 2.05) is 19.1 Å². The van der Waals surface area contributed by atoms with Crippen LogP contribution in [0.2, 0.25) is 10.0 Å². The Morgan fingerprint density at radius 3 is 2.65 bits per heavy atom. The molecule has 23 heavy (non-hydrogen) atoms. The average Bonchev–Trinajstić information content (AvgIpc) is 2.87. The van der Waals surface area contributed by atoms with Crippen LogP contribution in [0.25, 0.3) is 0 Å². The zero-order valence-electron chi connectivity index (χ0n) is 12.5. The number of benzene rings is 2. The first kappa shape index (κ1) is 15.9. The van der Waals surface area contributed by atoms with Gasteiger partial charge in [0.05, 0.1) is 24.1 Å². The molecule has 0 saturated carbocycles. The molecule has 0 aliphatic carbocycles. The Bertz CT molecular complexity index is 806. The monoisotopic (exact) mass is 344 g/mol. The van der Waals surface area contributed by atoms with Gasteiger partial charge in [-0.15, -0.1) is 0 Å². The van der Waals surface area contributed by atoms with Gasteiger partial charge >= 0.3 is 0 Å². The third-order valence-electron chi connectivity index (χ3n) is 4.24. The maximum atomic E-state index is 12.7. The topological polar surface area (TPSA) is 44.1 Å². The molecule has 3 rings (SSSR count). The van der Waals surface area contributed by atoms with Crippen LogP contribution in [0.4, 0.5) is 0 Å². The minimum absolute atomic E-state index is 0.0218. The molecule has 0 aromatic heterocycles. The number of halogens is 2. The number of fused-ring (bicyclic) bond motifs is 1. The Hall–Kier alpha value is -2.02. The normalized spacial score (nSPS) is 16.1. The summed E-state index contributed by atoms with van der Waals surface area (Å²) < 4.78 is 0. The van der Waals surface area contributed by atoms with Crippen molar-refractivity contribution in [1.82, 2.24) is 4.90 Å². The van der Waals surface area contributed by atoms with E-state index in [0.717, 1.165) is 11.1 Å². The summed E-state index contributed by atoms with van der Waals surface area (Å²) in [5.41, 5.74) is 3.37. The SMILES string of the molecule is CC1c2ccc(C#N)cc2CN1C(=O)Cc1c(Cl)cccc1Cl. The Morgan fingerprint density at radius 1 is 1.30 bits per heavy atom. The molecule has 116 valence electrons. The van der Waals surface area contributed by atoms with E-state index in [1.54, 1.807) is 29.2 Å². The van der Waals surface area contributed by atoms with Gasteiger partial charge in [0.2, 0.25) is 5.91 Å². The molecule has 2 aromatic rings. The summed E-state index contributed by atoms with van der Waals surface area (Å²) in [6.45, 7) is 2.50. The molecule has 1 atom stereocenters. The molecule has 1 heterocycles. The largest absolute Gasteiger partial charge is 0.331 e. The van der Waals surface area contributed by atoms with Crippen molar-refractivity contribution >= 4 is 29.1 Å². The number of amides is 1. The van der Waals surface area contributed by atoms with Gasteiger partial charge in [0.1, 0.15) is 0 Å². The van der Waals surface area contributed by atoms with Gasteiger partial charge in [-0.3, -0.25) is 4.79 Å². The number of hydrogen-bond donors (Lipinski definition) is 0. The Labute approximate surface area is 145 Å². The molecule has 0 saturated heterocycles. The first-order valence-corrected chi connectivity index (χ1v) is 8.02. The molecule has 0 spiro atoms. The van der Waals surface area contributed by atoms with E-state index in [2.05, 4.69) is 6.07 Å². The summed E-state index contributed by atoms with van der Waals surface area (Å²) >= 11 is 12.3. The molecule has 1 unspecified atom stereocenters. The van der Waals surface area contributed by atoms with E-state index in [0.29, 0.717) is 27.7 Å². The Morgan fingerprint density at radius 2 is 2.00 bits per heavy atom. The predicted octanol–water partition coefficient (Wildman–Crippen LogP) is 4.51. The smallest absolute Gasteiger partial charge is 0.227 e. The van der Waals surface area contributed by atoms with Gasteiger partial charge in [-0.05, 0) is 47.9 Å². The second kappa shape index (κ2) is 6.23. The molecule has 5 heteroatoms. The lowest BCUT2D eigenvalue weighted by Crippen LogP contribution is -2.29. The molecule has 0 fully saturated rings. The van der Waals surface area contributed by atoms with Crippen LogP contribution in [-0.4, -0.2) is 10.8 Å². The van der Waals surface area contributed by atoms with Crippen LogP contribution in [0.5, 0.6) is 0 Å². The van der Waals surface area contributed by atoms with Gasteiger partial charge in [-0.25, -0.2) is 0 Å². The zero-order valence-corrected chi connectivity index (χ0v) is 14.0. The lowest BCUT2D eigenvalue weighted by atomic mass is 10.0. The molecule has 0 radical (unpaired) electrons. The summed E-state index contributed by atoms with van der Waals surface area (Å²) in [5.74, 6) is -0.0257. The minimum Gasteiger partial charge on any atom is -0.331 e. The van der Waals surface area contributed by atoms with Crippen molar-refractivity contribution < 1.29 is 4.79 Å². The van der Waals surface area contributed by atoms with Gasteiger partial charge in [0, 0.05) is 16.6 Å². The second-order valence-corrected chi connectivity index (χ2v) is 6.41. The van der Waals surface area contributed by atoms with Crippen LogP contribution in [0.3, 0.4) is 0 Å². The van der Waals surface area contributed by atoms with Crippen molar-refractivity contribution in [1.29, 1.82) is 5.26 Å². The fourth-order valence-corrected chi connectivity index (χ4v) is 3.50. The summed E-state index contributed by atoms with van der Waals surface area (Å²) in [6.07, 6.45) is 0.169. The summed E-state index contributed by atoms with van der Waals surface area (Å²) in [5, 5.41) is 10.0. The molecule has 3 nitrogen and oxygen atoms in total. The maximum Gasteiger partial charge on any atom is 0.227 e. The summed E-state index contributed by atoms with van der Waals surface area (Å²) in [7, 11) is 0. The van der Waals surface area contributed by atoms with Crippen LogP contribution in [0.15, 0.2) is 36.4 Å². The highest BCUT2D eigenvalue weighted by atomic mass is 35.5. The summed E-state index contributed by atoms with van der Waals surface area (Å²) in [4.78, 5) is 14.5. The van der Waals surface area contributed by atoms with Gasteiger partial charge in [0.15, 0.2) is 0 Å². The molecule has 0 N–H and O–H groups in total. The highest BCUT2D eigenvalue weighted by Crippen LogP contribution is 2.35. The number of nitrogens with zero attached hydrogens (tertiary/aromatic N) is 2. The van der Waals surface area contributed by atoms with Crippen LogP contribution < -0.4 is 0 Å². The van der Waals surface area contributed by atoms with Gasteiger partial charge in [-0.1, -0.05) is 35.3 Å². The zero-order chi connectivity index (χ0) is 16.6. The molecular weight excluding hydrogens is 331 g/mol. The minimum atomic E-state index is -0.0257. The third kappa shape index (κ3) is 2.93. The highest BCUT2D eigenvalue weighted by Gasteiger charge is 2.30. The number of carbonyl (C=O) groups excluding carboxylic acids is 1. The van der Waals surface area contributed by atoms with Crippen molar-refractivity contribution in [2.75, 3.05) is 0 Å². The van der Waals surface area contributed by atoms with Crippen molar-refractivity contribution in [2.24, 2.45) is 0 Å². The quantitative estimate of drug-likeness (QED) is 0.804. The first-order valence-electron chi connectivity index (χ1n) is 7.26. The molecule has 1 aliphatic rings. The van der Waals surface area contributed by atoms with Crippen molar-refractivity contribution in [3.8, 4) is 6.07 Å². The molecule has 2 aromatic carbocycles. The van der Waals surface area contributed by atoms with Gasteiger partial charge in [-0.2, -0.15) is 5.26 Å². The van der Waals surface area contributed by atoms with E-state index in [-0.39, 0.29) is 18.4 Å².